The molecular weight excluding hydrogens is 447 g/mol. The van der Waals surface area contributed by atoms with Gasteiger partial charge in [-0.15, -0.1) is 0 Å². The van der Waals surface area contributed by atoms with Crippen molar-refractivity contribution in [3.8, 4) is 17.1 Å². The molecule has 202 valence electrons. The summed E-state index contributed by atoms with van der Waals surface area (Å²) >= 11 is 0. The van der Waals surface area contributed by atoms with E-state index in [-0.39, 0.29) is 0 Å². The summed E-state index contributed by atoms with van der Waals surface area (Å²) < 4.78 is 19.8. The maximum Gasteiger partial charge on any atom is 0.159 e. The van der Waals surface area contributed by atoms with Crippen molar-refractivity contribution in [3.63, 3.8) is 0 Å². The summed E-state index contributed by atoms with van der Waals surface area (Å²) in [5, 5.41) is 0. The number of unbranched alkanes of at least 4 members (excludes halogenated alkanes) is 13. The molecule has 0 saturated carbocycles. The fourth-order valence-corrected chi connectivity index (χ4v) is 4.57. The van der Waals surface area contributed by atoms with Crippen molar-refractivity contribution in [3.05, 3.63) is 42.2 Å². The fourth-order valence-electron chi connectivity index (χ4n) is 4.57. The summed E-state index contributed by atoms with van der Waals surface area (Å²) in [6.07, 6.45) is 24.6. The zero-order valence-electron chi connectivity index (χ0n) is 23.2. The number of alkyl halides is 1. The van der Waals surface area contributed by atoms with Gasteiger partial charge in [-0.1, -0.05) is 104 Å². The summed E-state index contributed by atoms with van der Waals surface area (Å²) in [5.41, 5.74) is 2.19. The molecule has 1 aromatic heterocycles. The Labute approximate surface area is 220 Å². The Bertz CT molecular complexity index is 763. The first-order valence-electron chi connectivity index (χ1n) is 14.9. The SMILES string of the molecule is CCCCCCCCCCCc1cnc(-c2ccc(OCCC(F)CCCCCCCC)cc2)nc1. The van der Waals surface area contributed by atoms with Crippen molar-refractivity contribution < 1.29 is 9.13 Å². The Hall–Kier alpha value is -1.97. The number of hydrogen-bond donors (Lipinski definition) is 0. The molecule has 0 bridgehead atoms. The van der Waals surface area contributed by atoms with E-state index in [1.54, 1.807) is 0 Å². The van der Waals surface area contributed by atoms with Gasteiger partial charge in [0.05, 0.1) is 6.61 Å². The Morgan fingerprint density at radius 1 is 0.667 bits per heavy atom. The second-order valence-electron chi connectivity index (χ2n) is 10.3. The van der Waals surface area contributed by atoms with Crippen LogP contribution < -0.4 is 4.74 Å². The number of nitrogens with zero attached hydrogens (tertiary/aromatic N) is 2. The average molecular weight is 499 g/mol. The van der Waals surface area contributed by atoms with Crippen LogP contribution in [-0.2, 0) is 6.42 Å². The van der Waals surface area contributed by atoms with Crippen molar-refractivity contribution in [2.45, 2.75) is 136 Å². The van der Waals surface area contributed by atoms with E-state index in [0.29, 0.717) is 19.4 Å². The van der Waals surface area contributed by atoms with Crippen LogP contribution >= 0.6 is 0 Å². The van der Waals surface area contributed by atoms with E-state index in [4.69, 9.17) is 4.74 Å². The minimum absolute atomic E-state index is 0.417. The normalized spacial score (nSPS) is 12.1. The van der Waals surface area contributed by atoms with Crippen molar-refractivity contribution in [2.24, 2.45) is 0 Å². The lowest BCUT2D eigenvalue weighted by Gasteiger charge is -2.10. The number of hydrogen-bond acceptors (Lipinski definition) is 3. The van der Waals surface area contributed by atoms with Gasteiger partial charge < -0.3 is 4.74 Å². The van der Waals surface area contributed by atoms with Crippen LogP contribution in [0.25, 0.3) is 11.4 Å². The minimum atomic E-state index is -0.766. The average Bonchev–Trinajstić information content (AvgIpc) is 2.90. The molecule has 0 aliphatic carbocycles. The topological polar surface area (TPSA) is 35.0 Å². The first-order chi connectivity index (χ1) is 17.7. The molecule has 1 atom stereocenters. The van der Waals surface area contributed by atoms with E-state index in [1.165, 1.54) is 89.0 Å². The molecule has 0 saturated heterocycles. The summed E-state index contributed by atoms with van der Waals surface area (Å²) in [7, 11) is 0. The molecule has 1 aromatic carbocycles. The molecule has 1 unspecified atom stereocenters. The Morgan fingerprint density at radius 2 is 1.19 bits per heavy atom. The van der Waals surface area contributed by atoms with E-state index in [0.717, 1.165) is 36.4 Å². The standard InChI is InChI=1S/C32H51FN2O/c1-3-5-7-9-11-12-13-14-16-18-28-26-34-32(35-27-28)29-20-22-31(23-21-29)36-25-24-30(33)19-17-15-10-8-6-4-2/h20-23,26-27,30H,3-19,24-25H2,1-2H3. The quantitative estimate of drug-likeness (QED) is 0.151. The molecule has 0 amide bonds. The van der Waals surface area contributed by atoms with Gasteiger partial charge in [-0.05, 0) is 49.1 Å². The molecule has 0 aliphatic heterocycles. The lowest BCUT2D eigenvalue weighted by molar-refractivity contribution is 0.222. The van der Waals surface area contributed by atoms with Gasteiger partial charge in [0, 0.05) is 24.4 Å². The van der Waals surface area contributed by atoms with E-state index >= 15 is 0 Å². The monoisotopic (exact) mass is 498 g/mol. The first kappa shape index (κ1) is 30.3. The largest absolute Gasteiger partial charge is 0.493 e. The van der Waals surface area contributed by atoms with Crippen LogP contribution in [0.3, 0.4) is 0 Å². The molecular formula is C32H51FN2O. The Morgan fingerprint density at radius 3 is 1.78 bits per heavy atom. The van der Waals surface area contributed by atoms with Gasteiger partial charge in [0.15, 0.2) is 5.82 Å². The third-order valence-electron chi connectivity index (χ3n) is 6.96. The van der Waals surface area contributed by atoms with Crippen LogP contribution in [0, 0.1) is 0 Å². The summed E-state index contributed by atoms with van der Waals surface area (Å²) in [4.78, 5) is 9.14. The summed E-state index contributed by atoms with van der Waals surface area (Å²) in [6, 6.07) is 7.81. The number of aromatic nitrogens is 2. The maximum atomic E-state index is 14.1. The van der Waals surface area contributed by atoms with Crippen molar-refractivity contribution in [1.82, 2.24) is 9.97 Å². The Kier molecular flexibility index (Phi) is 16.9. The van der Waals surface area contributed by atoms with Crippen molar-refractivity contribution in [1.29, 1.82) is 0 Å². The molecule has 2 aromatic rings. The van der Waals surface area contributed by atoms with Gasteiger partial charge in [-0.2, -0.15) is 0 Å². The maximum absolute atomic E-state index is 14.1. The highest BCUT2D eigenvalue weighted by Crippen LogP contribution is 2.21. The lowest BCUT2D eigenvalue weighted by Crippen LogP contribution is -2.07. The highest BCUT2D eigenvalue weighted by Gasteiger charge is 2.07. The molecule has 2 rings (SSSR count). The van der Waals surface area contributed by atoms with Crippen LogP contribution in [-0.4, -0.2) is 22.7 Å². The third-order valence-corrected chi connectivity index (χ3v) is 6.96. The fraction of sp³-hybridized carbons (Fsp3) is 0.688. The minimum Gasteiger partial charge on any atom is -0.493 e. The van der Waals surface area contributed by atoms with Gasteiger partial charge in [-0.3, -0.25) is 0 Å². The van der Waals surface area contributed by atoms with E-state index in [2.05, 4.69) is 23.8 Å². The Balaban J connectivity index is 1.59. The van der Waals surface area contributed by atoms with E-state index in [9.17, 15) is 4.39 Å². The number of benzene rings is 1. The van der Waals surface area contributed by atoms with Crippen LogP contribution in [0.1, 0.15) is 129 Å². The smallest absolute Gasteiger partial charge is 0.159 e. The molecule has 0 N–H and O–H groups in total. The van der Waals surface area contributed by atoms with Gasteiger partial charge >= 0.3 is 0 Å². The molecule has 0 fully saturated rings. The molecule has 0 spiro atoms. The lowest BCUT2D eigenvalue weighted by atomic mass is 10.1. The van der Waals surface area contributed by atoms with Crippen LogP contribution in [0.15, 0.2) is 36.7 Å². The summed E-state index contributed by atoms with van der Waals surface area (Å²) in [5.74, 6) is 1.51. The van der Waals surface area contributed by atoms with Gasteiger partial charge in [0.25, 0.3) is 0 Å². The molecule has 3 nitrogen and oxygen atoms in total. The van der Waals surface area contributed by atoms with Gasteiger partial charge in [0.2, 0.25) is 0 Å². The first-order valence-corrected chi connectivity index (χ1v) is 14.9. The number of aryl methyl sites for hydroxylation is 1. The molecule has 4 heteroatoms. The highest BCUT2D eigenvalue weighted by molar-refractivity contribution is 5.55. The molecule has 0 radical (unpaired) electrons. The van der Waals surface area contributed by atoms with Crippen LogP contribution in [0.5, 0.6) is 5.75 Å². The van der Waals surface area contributed by atoms with E-state index in [1.807, 2.05) is 36.7 Å². The van der Waals surface area contributed by atoms with E-state index < -0.39 is 6.17 Å². The number of rotatable bonds is 22. The predicted molar refractivity (Wildman–Crippen MR) is 151 cm³/mol. The molecule has 1 heterocycles. The highest BCUT2D eigenvalue weighted by atomic mass is 19.1. The second-order valence-corrected chi connectivity index (χ2v) is 10.3. The number of halogens is 1. The summed E-state index contributed by atoms with van der Waals surface area (Å²) in [6.45, 7) is 4.90. The number of ether oxygens (including phenoxy) is 1. The van der Waals surface area contributed by atoms with Crippen molar-refractivity contribution in [2.75, 3.05) is 6.61 Å². The van der Waals surface area contributed by atoms with Crippen molar-refractivity contribution >= 4 is 0 Å². The zero-order chi connectivity index (χ0) is 25.7. The second kappa shape index (κ2) is 20.1. The predicted octanol–water partition coefficient (Wildman–Crippen LogP) is 10.1. The van der Waals surface area contributed by atoms with Crippen LogP contribution in [0.4, 0.5) is 4.39 Å². The van der Waals surface area contributed by atoms with Crippen LogP contribution in [0.2, 0.25) is 0 Å². The molecule has 36 heavy (non-hydrogen) atoms. The molecule has 0 aliphatic rings. The van der Waals surface area contributed by atoms with Gasteiger partial charge in [-0.25, -0.2) is 14.4 Å². The zero-order valence-corrected chi connectivity index (χ0v) is 23.2. The van der Waals surface area contributed by atoms with Gasteiger partial charge in [0.1, 0.15) is 11.9 Å². The third kappa shape index (κ3) is 13.9.